The normalized spacial score (nSPS) is 25.8. The van der Waals surface area contributed by atoms with Gasteiger partial charge in [0.15, 0.2) is 0 Å². The highest BCUT2D eigenvalue weighted by Gasteiger charge is 2.24. The summed E-state index contributed by atoms with van der Waals surface area (Å²) in [5.74, 6) is 2.41. The summed E-state index contributed by atoms with van der Waals surface area (Å²) in [4.78, 5) is 12.2. The van der Waals surface area contributed by atoms with Gasteiger partial charge in [-0.05, 0) is 48.5 Å². The molecule has 6 heteroatoms. The Labute approximate surface area is 146 Å². The predicted molar refractivity (Wildman–Crippen MR) is 99.1 cm³/mol. The number of rotatable bonds is 3. The van der Waals surface area contributed by atoms with Gasteiger partial charge in [-0.1, -0.05) is 25.0 Å². The molecule has 23 heavy (non-hydrogen) atoms. The molecule has 1 heterocycles. The van der Waals surface area contributed by atoms with Gasteiger partial charge in [0.2, 0.25) is 0 Å². The number of nitrogens with one attached hydrogen (secondary N) is 2. The fourth-order valence-electron chi connectivity index (χ4n) is 3.06. The van der Waals surface area contributed by atoms with E-state index in [9.17, 15) is 9.90 Å². The molecule has 0 bridgehead atoms. The minimum absolute atomic E-state index is 0.128. The summed E-state index contributed by atoms with van der Waals surface area (Å²) in [7, 11) is 0. The van der Waals surface area contributed by atoms with Gasteiger partial charge in [-0.15, -0.1) is 23.5 Å². The molecule has 0 aromatic heterocycles. The van der Waals surface area contributed by atoms with E-state index in [-0.39, 0.29) is 12.1 Å². The van der Waals surface area contributed by atoms with Crippen LogP contribution in [0.5, 0.6) is 0 Å². The molecule has 2 amide bonds. The van der Waals surface area contributed by atoms with E-state index in [4.69, 9.17) is 0 Å². The largest absolute Gasteiger partial charge is 0.391 e. The predicted octanol–water partition coefficient (Wildman–Crippen LogP) is 3.98. The van der Waals surface area contributed by atoms with Crippen LogP contribution in [0.4, 0.5) is 10.5 Å². The van der Waals surface area contributed by atoms with Crippen molar-refractivity contribution >= 4 is 35.2 Å². The maximum absolute atomic E-state index is 12.2. The minimum atomic E-state index is -0.420. The number of aliphatic hydroxyl groups excluding tert-OH is 1. The molecule has 1 aliphatic heterocycles. The van der Waals surface area contributed by atoms with Gasteiger partial charge in [-0.25, -0.2) is 4.79 Å². The van der Waals surface area contributed by atoms with Gasteiger partial charge in [0.05, 0.1) is 16.7 Å². The van der Waals surface area contributed by atoms with Gasteiger partial charge < -0.3 is 15.7 Å². The van der Waals surface area contributed by atoms with Gasteiger partial charge in [-0.3, -0.25) is 0 Å². The Morgan fingerprint density at radius 3 is 2.70 bits per heavy atom. The minimum Gasteiger partial charge on any atom is -0.391 e. The number of urea groups is 1. The molecule has 2 aliphatic rings. The van der Waals surface area contributed by atoms with Crippen LogP contribution in [-0.2, 0) is 0 Å². The maximum Gasteiger partial charge on any atom is 0.319 e. The standard InChI is InChI=1S/C17H24N2O2S2/c20-15-8-2-1-7-14(15)19-17(21)18-13-6-3-5-12(11-13)16-22-9-4-10-23-16/h3,5-6,11,14-16,20H,1-2,4,7-10H2,(H2,18,19,21). The monoisotopic (exact) mass is 352 g/mol. The van der Waals surface area contributed by atoms with Gasteiger partial charge >= 0.3 is 6.03 Å². The highest BCUT2D eigenvalue weighted by molar-refractivity contribution is 8.16. The van der Waals surface area contributed by atoms with Crippen molar-refractivity contribution in [3.8, 4) is 0 Å². The van der Waals surface area contributed by atoms with E-state index in [2.05, 4.69) is 22.8 Å². The second-order valence-electron chi connectivity index (χ2n) is 6.11. The number of carbonyl (C=O) groups excluding carboxylic acids is 1. The van der Waals surface area contributed by atoms with Crippen LogP contribution in [0.3, 0.4) is 0 Å². The number of hydrogen-bond donors (Lipinski definition) is 3. The van der Waals surface area contributed by atoms with Crippen molar-refractivity contribution in [2.45, 2.75) is 48.8 Å². The van der Waals surface area contributed by atoms with E-state index in [1.54, 1.807) is 0 Å². The Kier molecular flexibility index (Phi) is 6.14. The second-order valence-corrected chi connectivity index (χ2v) is 8.83. The van der Waals surface area contributed by atoms with Gasteiger partial charge in [-0.2, -0.15) is 0 Å². The summed E-state index contributed by atoms with van der Waals surface area (Å²) < 4.78 is 0.466. The molecule has 3 N–H and O–H groups in total. The van der Waals surface area contributed by atoms with E-state index in [1.165, 1.54) is 23.5 Å². The molecule has 2 atom stereocenters. The highest BCUT2D eigenvalue weighted by Crippen LogP contribution is 2.44. The van der Waals surface area contributed by atoms with E-state index in [1.807, 2.05) is 35.7 Å². The summed E-state index contributed by atoms with van der Waals surface area (Å²) in [5.41, 5.74) is 2.08. The van der Waals surface area contributed by atoms with E-state index < -0.39 is 6.10 Å². The Morgan fingerprint density at radius 2 is 1.91 bits per heavy atom. The first kappa shape index (κ1) is 17.0. The SMILES string of the molecule is O=C(Nc1cccc(C2SCCCS2)c1)NC1CCCCC1O. The molecule has 126 valence electrons. The number of carbonyl (C=O) groups is 1. The van der Waals surface area contributed by atoms with Crippen LogP contribution < -0.4 is 10.6 Å². The van der Waals surface area contributed by atoms with Crippen molar-refractivity contribution < 1.29 is 9.90 Å². The van der Waals surface area contributed by atoms with Crippen LogP contribution in [0.1, 0.15) is 42.2 Å². The summed E-state index contributed by atoms with van der Waals surface area (Å²) in [5, 5.41) is 15.8. The molecule has 3 rings (SSSR count). The Morgan fingerprint density at radius 1 is 1.13 bits per heavy atom. The summed E-state index contributed by atoms with van der Waals surface area (Å²) >= 11 is 3.95. The zero-order valence-corrected chi connectivity index (χ0v) is 14.8. The topological polar surface area (TPSA) is 61.4 Å². The molecule has 1 aromatic carbocycles. The molecule has 2 fully saturated rings. The van der Waals surface area contributed by atoms with Crippen molar-refractivity contribution in [2.24, 2.45) is 0 Å². The van der Waals surface area contributed by atoms with Crippen LogP contribution >= 0.6 is 23.5 Å². The smallest absolute Gasteiger partial charge is 0.319 e. The lowest BCUT2D eigenvalue weighted by Crippen LogP contribution is -2.46. The molecule has 1 saturated heterocycles. The summed E-state index contributed by atoms with van der Waals surface area (Å²) in [6, 6.07) is 7.75. The Balaban J connectivity index is 1.57. The van der Waals surface area contributed by atoms with Gasteiger partial charge in [0.25, 0.3) is 0 Å². The lowest BCUT2D eigenvalue weighted by atomic mass is 9.93. The molecular weight excluding hydrogens is 328 g/mol. The van der Waals surface area contributed by atoms with E-state index >= 15 is 0 Å². The zero-order chi connectivity index (χ0) is 16.1. The Bertz CT molecular complexity index is 535. The first-order valence-electron chi connectivity index (χ1n) is 8.31. The number of amides is 2. The lowest BCUT2D eigenvalue weighted by Gasteiger charge is -2.28. The third-order valence-electron chi connectivity index (χ3n) is 4.29. The van der Waals surface area contributed by atoms with Crippen molar-refractivity contribution in [2.75, 3.05) is 16.8 Å². The van der Waals surface area contributed by atoms with Crippen molar-refractivity contribution in [1.29, 1.82) is 0 Å². The van der Waals surface area contributed by atoms with Crippen LogP contribution in [-0.4, -0.2) is 34.8 Å². The fourth-order valence-corrected chi connectivity index (χ4v) is 5.93. The van der Waals surface area contributed by atoms with Crippen LogP contribution in [0.25, 0.3) is 0 Å². The van der Waals surface area contributed by atoms with Crippen LogP contribution in [0, 0.1) is 0 Å². The van der Waals surface area contributed by atoms with E-state index in [0.717, 1.165) is 31.4 Å². The first-order chi connectivity index (χ1) is 11.2. The molecule has 0 radical (unpaired) electrons. The van der Waals surface area contributed by atoms with Gasteiger partial charge in [0, 0.05) is 5.69 Å². The third kappa shape index (κ3) is 4.81. The average molecular weight is 353 g/mol. The molecule has 1 aliphatic carbocycles. The number of thioether (sulfide) groups is 2. The molecular formula is C17H24N2O2S2. The molecule has 0 spiro atoms. The average Bonchev–Trinajstić information content (AvgIpc) is 2.58. The third-order valence-corrected chi connectivity index (χ3v) is 7.30. The number of anilines is 1. The fraction of sp³-hybridized carbons (Fsp3) is 0.588. The van der Waals surface area contributed by atoms with Gasteiger partial charge in [0.1, 0.15) is 0 Å². The number of hydrogen-bond acceptors (Lipinski definition) is 4. The highest BCUT2D eigenvalue weighted by atomic mass is 32.2. The van der Waals surface area contributed by atoms with E-state index in [0.29, 0.717) is 4.58 Å². The van der Waals surface area contributed by atoms with Crippen molar-refractivity contribution in [3.05, 3.63) is 29.8 Å². The van der Waals surface area contributed by atoms with Crippen LogP contribution in [0.15, 0.2) is 24.3 Å². The zero-order valence-electron chi connectivity index (χ0n) is 13.2. The number of aliphatic hydroxyl groups is 1. The molecule has 1 saturated carbocycles. The first-order valence-corrected chi connectivity index (χ1v) is 10.4. The van der Waals surface area contributed by atoms with Crippen molar-refractivity contribution in [1.82, 2.24) is 5.32 Å². The van der Waals surface area contributed by atoms with Crippen molar-refractivity contribution in [3.63, 3.8) is 0 Å². The quantitative estimate of drug-likeness (QED) is 0.770. The maximum atomic E-state index is 12.2. The number of benzene rings is 1. The summed E-state index contributed by atoms with van der Waals surface area (Å²) in [6.45, 7) is 0. The van der Waals surface area contributed by atoms with Crippen LogP contribution in [0.2, 0.25) is 0 Å². The molecule has 1 aromatic rings. The Hall–Kier alpha value is -0.850. The molecule has 4 nitrogen and oxygen atoms in total. The molecule has 2 unspecified atom stereocenters. The summed E-state index contributed by atoms with van der Waals surface area (Å²) in [6.07, 6.45) is 4.58. The lowest BCUT2D eigenvalue weighted by molar-refractivity contribution is 0.0955. The second kappa shape index (κ2) is 8.31.